The van der Waals surface area contributed by atoms with Crippen LogP contribution < -0.4 is 0 Å². The average Bonchev–Trinajstić information content (AvgIpc) is 2.57. The Labute approximate surface area is 173 Å². The lowest BCUT2D eigenvalue weighted by molar-refractivity contribution is -0.161. The molecule has 1 amide bonds. The van der Waals surface area contributed by atoms with Crippen molar-refractivity contribution in [1.29, 1.82) is 0 Å². The number of carboxylic acids is 1. The SMILES string of the molecule is CC(C)(C)OC(=O)N1CC2(CCC(OCC(=O)O)(c3ccc(Br)nc3)CC2)C1. The molecule has 0 unspecified atom stereocenters. The van der Waals surface area contributed by atoms with Crippen LogP contribution in [0, 0.1) is 5.41 Å². The molecule has 8 heteroatoms. The first-order chi connectivity index (χ1) is 13.0. The molecule has 1 spiro atoms. The molecule has 2 fully saturated rings. The number of halogens is 1. The summed E-state index contributed by atoms with van der Waals surface area (Å²) in [6.07, 6.45) is 4.60. The van der Waals surface area contributed by atoms with Gasteiger partial charge < -0.3 is 19.5 Å². The number of pyridine rings is 1. The van der Waals surface area contributed by atoms with Gasteiger partial charge >= 0.3 is 12.1 Å². The number of ether oxygens (including phenoxy) is 2. The first-order valence-corrected chi connectivity index (χ1v) is 10.3. The number of hydrogen-bond donors (Lipinski definition) is 1. The van der Waals surface area contributed by atoms with Gasteiger partial charge in [0.25, 0.3) is 0 Å². The number of hydrogen-bond acceptors (Lipinski definition) is 5. The molecule has 1 saturated heterocycles. The second-order valence-electron chi connectivity index (χ2n) is 8.88. The minimum absolute atomic E-state index is 0.0653. The average molecular weight is 455 g/mol. The number of carbonyl (C=O) groups excluding carboxylic acids is 1. The van der Waals surface area contributed by atoms with E-state index in [0.717, 1.165) is 23.0 Å². The van der Waals surface area contributed by atoms with Gasteiger partial charge in [0.15, 0.2) is 0 Å². The van der Waals surface area contributed by atoms with Crippen LogP contribution in [-0.2, 0) is 19.9 Å². The highest BCUT2D eigenvalue weighted by atomic mass is 79.9. The lowest BCUT2D eigenvalue weighted by atomic mass is 9.63. The Morgan fingerprint density at radius 1 is 1.21 bits per heavy atom. The van der Waals surface area contributed by atoms with Gasteiger partial charge in [0.2, 0.25) is 0 Å². The number of rotatable bonds is 4. The number of aliphatic carboxylic acids is 1. The largest absolute Gasteiger partial charge is 0.480 e. The quantitative estimate of drug-likeness (QED) is 0.692. The van der Waals surface area contributed by atoms with Crippen LogP contribution >= 0.6 is 15.9 Å². The number of aromatic nitrogens is 1. The van der Waals surface area contributed by atoms with Crippen LogP contribution in [-0.4, -0.2) is 52.4 Å². The topological polar surface area (TPSA) is 89.0 Å². The Morgan fingerprint density at radius 2 is 1.86 bits per heavy atom. The second-order valence-corrected chi connectivity index (χ2v) is 9.70. The molecular formula is C20H27BrN2O5. The van der Waals surface area contributed by atoms with E-state index in [1.165, 1.54) is 0 Å². The van der Waals surface area contributed by atoms with Crippen LogP contribution in [0.3, 0.4) is 0 Å². The summed E-state index contributed by atoms with van der Waals surface area (Å²) in [6.45, 7) is 6.60. The lowest BCUT2D eigenvalue weighted by Crippen LogP contribution is -2.61. The third-order valence-electron chi connectivity index (χ3n) is 5.55. The highest BCUT2D eigenvalue weighted by Crippen LogP contribution is 2.51. The van der Waals surface area contributed by atoms with Crippen molar-refractivity contribution in [2.45, 2.75) is 57.7 Å². The van der Waals surface area contributed by atoms with Gasteiger partial charge in [-0.2, -0.15) is 0 Å². The Kier molecular flexibility index (Phi) is 5.74. The predicted octanol–water partition coefficient (Wildman–Crippen LogP) is 3.95. The predicted molar refractivity (Wildman–Crippen MR) is 106 cm³/mol. The van der Waals surface area contributed by atoms with E-state index in [0.29, 0.717) is 25.9 Å². The molecule has 7 nitrogen and oxygen atoms in total. The Hall–Kier alpha value is -1.67. The Balaban J connectivity index is 1.66. The zero-order chi connectivity index (χ0) is 20.6. The number of nitrogens with zero attached hydrogens (tertiary/aromatic N) is 2. The molecule has 28 heavy (non-hydrogen) atoms. The third kappa shape index (κ3) is 4.66. The standard InChI is InChI=1S/C20H27BrN2O5/c1-18(2,3)28-17(26)23-12-19(13-23)6-8-20(9-7-19,27-11-16(24)25)14-4-5-15(21)22-10-14/h4-5,10H,6-9,11-13H2,1-3H3,(H,24,25). The van der Waals surface area contributed by atoms with E-state index in [-0.39, 0.29) is 18.1 Å². The van der Waals surface area contributed by atoms with Crippen molar-refractivity contribution in [1.82, 2.24) is 9.88 Å². The first kappa shape index (κ1) is 21.0. The summed E-state index contributed by atoms with van der Waals surface area (Å²) in [5, 5.41) is 9.09. The third-order valence-corrected chi connectivity index (χ3v) is 6.02. The van der Waals surface area contributed by atoms with E-state index < -0.39 is 17.2 Å². The Bertz CT molecular complexity index is 728. The van der Waals surface area contributed by atoms with E-state index in [1.807, 2.05) is 32.9 Å². The van der Waals surface area contributed by atoms with E-state index in [1.54, 1.807) is 11.1 Å². The zero-order valence-electron chi connectivity index (χ0n) is 16.5. The summed E-state index contributed by atoms with van der Waals surface area (Å²) >= 11 is 3.33. The molecule has 1 N–H and O–H groups in total. The molecule has 1 aromatic rings. The molecule has 0 aromatic carbocycles. The van der Waals surface area contributed by atoms with Crippen LogP contribution in [0.15, 0.2) is 22.9 Å². The van der Waals surface area contributed by atoms with Gasteiger partial charge in [-0.25, -0.2) is 14.6 Å². The number of likely N-dealkylation sites (tertiary alicyclic amines) is 1. The summed E-state index contributed by atoms with van der Waals surface area (Å²) in [7, 11) is 0. The van der Waals surface area contributed by atoms with Crippen molar-refractivity contribution in [3.05, 3.63) is 28.5 Å². The van der Waals surface area contributed by atoms with Crippen molar-refractivity contribution >= 4 is 28.0 Å². The molecular weight excluding hydrogens is 428 g/mol. The van der Waals surface area contributed by atoms with Crippen LogP contribution in [0.4, 0.5) is 4.79 Å². The fourth-order valence-electron chi connectivity index (χ4n) is 4.08. The Morgan fingerprint density at radius 3 is 2.36 bits per heavy atom. The molecule has 3 rings (SSSR count). The van der Waals surface area contributed by atoms with Crippen LogP contribution in [0.5, 0.6) is 0 Å². The van der Waals surface area contributed by atoms with Crippen molar-refractivity contribution in [3.8, 4) is 0 Å². The zero-order valence-corrected chi connectivity index (χ0v) is 18.1. The van der Waals surface area contributed by atoms with Gasteiger partial charge in [0.1, 0.15) is 16.8 Å². The smallest absolute Gasteiger partial charge is 0.410 e. The monoisotopic (exact) mass is 454 g/mol. The van der Waals surface area contributed by atoms with E-state index >= 15 is 0 Å². The number of carboxylic acid groups (broad SMARTS) is 1. The number of amides is 1. The molecule has 154 valence electrons. The van der Waals surface area contributed by atoms with E-state index in [4.69, 9.17) is 14.6 Å². The fraction of sp³-hybridized carbons (Fsp3) is 0.650. The summed E-state index contributed by atoms with van der Waals surface area (Å²) < 4.78 is 12.1. The molecule has 0 radical (unpaired) electrons. The summed E-state index contributed by atoms with van der Waals surface area (Å²) in [6, 6.07) is 3.78. The van der Waals surface area contributed by atoms with Crippen LogP contribution in [0.25, 0.3) is 0 Å². The second kappa shape index (κ2) is 7.63. The molecule has 2 aliphatic rings. The maximum Gasteiger partial charge on any atom is 0.410 e. The minimum atomic E-state index is -0.982. The maximum absolute atomic E-state index is 12.2. The van der Waals surface area contributed by atoms with Crippen molar-refractivity contribution in [2.24, 2.45) is 5.41 Å². The molecule has 0 atom stereocenters. The van der Waals surface area contributed by atoms with Gasteiger partial charge in [-0.3, -0.25) is 0 Å². The molecule has 0 bridgehead atoms. The van der Waals surface area contributed by atoms with Crippen LogP contribution in [0.1, 0.15) is 52.0 Å². The highest BCUT2D eigenvalue weighted by molar-refractivity contribution is 9.10. The highest BCUT2D eigenvalue weighted by Gasteiger charge is 2.52. The lowest BCUT2D eigenvalue weighted by Gasteiger charge is -2.55. The van der Waals surface area contributed by atoms with Gasteiger partial charge in [-0.05, 0) is 68.5 Å². The molecule has 1 aromatic heterocycles. The van der Waals surface area contributed by atoms with Crippen molar-refractivity contribution in [3.63, 3.8) is 0 Å². The molecule has 1 aliphatic carbocycles. The summed E-state index contributed by atoms with van der Waals surface area (Å²) in [5.74, 6) is -0.982. The van der Waals surface area contributed by atoms with Crippen molar-refractivity contribution < 1.29 is 24.2 Å². The van der Waals surface area contributed by atoms with Crippen molar-refractivity contribution in [2.75, 3.05) is 19.7 Å². The van der Waals surface area contributed by atoms with Gasteiger partial charge in [0.05, 0.1) is 5.60 Å². The number of carbonyl (C=O) groups is 2. The normalized spacial score (nSPS) is 20.5. The van der Waals surface area contributed by atoms with Gasteiger partial charge in [-0.1, -0.05) is 6.07 Å². The van der Waals surface area contributed by atoms with Gasteiger partial charge in [0, 0.05) is 30.3 Å². The first-order valence-electron chi connectivity index (χ1n) is 9.48. The molecule has 2 heterocycles. The fourth-order valence-corrected chi connectivity index (χ4v) is 4.32. The van der Waals surface area contributed by atoms with Gasteiger partial charge in [-0.15, -0.1) is 0 Å². The maximum atomic E-state index is 12.2. The van der Waals surface area contributed by atoms with E-state index in [9.17, 15) is 9.59 Å². The van der Waals surface area contributed by atoms with E-state index in [2.05, 4.69) is 20.9 Å². The van der Waals surface area contributed by atoms with Crippen LogP contribution in [0.2, 0.25) is 0 Å². The summed E-state index contributed by atoms with van der Waals surface area (Å²) in [5.41, 5.74) is -0.185. The molecule has 1 aliphatic heterocycles. The molecule has 1 saturated carbocycles. The summed E-state index contributed by atoms with van der Waals surface area (Å²) in [4.78, 5) is 29.3. The minimum Gasteiger partial charge on any atom is -0.480 e.